The molecule has 3 rings (SSSR count). The zero-order valence-corrected chi connectivity index (χ0v) is 16.3. The standard InChI is InChI=1S/C20H32FN5/c1-16(26-12-10-25(3)11-13-26)14-23-19(22-2)24-15-20(8-9-20)17-6-4-5-7-18(17)21/h4-7,16H,8-15H2,1-3H3,(H2,22,23,24). The summed E-state index contributed by atoms with van der Waals surface area (Å²) in [5, 5.41) is 6.84. The summed E-state index contributed by atoms with van der Waals surface area (Å²) in [4.78, 5) is 9.22. The van der Waals surface area contributed by atoms with E-state index in [0.29, 0.717) is 6.04 Å². The average molecular weight is 362 g/mol. The number of likely N-dealkylation sites (N-methyl/N-ethyl adjacent to an activating group) is 1. The first kappa shape index (κ1) is 19.1. The number of aliphatic imine (C=N–C) groups is 1. The molecule has 1 atom stereocenters. The number of guanidine groups is 1. The molecule has 0 aromatic heterocycles. The lowest BCUT2D eigenvalue weighted by Crippen LogP contribution is -2.52. The Morgan fingerprint density at radius 2 is 1.88 bits per heavy atom. The molecule has 2 fully saturated rings. The van der Waals surface area contributed by atoms with Crippen LogP contribution in [-0.4, -0.2) is 75.2 Å². The van der Waals surface area contributed by atoms with E-state index in [9.17, 15) is 4.39 Å². The molecule has 1 saturated carbocycles. The number of piperazine rings is 1. The Balaban J connectivity index is 1.47. The summed E-state index contributed by atoms with van der Waals surface area (Å²) in [6.07, 6.45) is 2.05. The highest BCUT2D eigenvalue weighted by atomic mass is 19.1. The number of rotatable bonds is 6. The highest BCUT2D eigenvalue weighted by molar-refractivity contribution is 5.79. The molecule has 2 aliphatic rings. The quantitative estimate of drug-likeness (QED) is 0.597. The molecule has 1 aliphatic carbocycles. The first-order valence-electron chi connectivity index (χ1n) is 9.66. The first-order valence-corrected chi connectivity index (χ1v) is 9.66. The summed E-state index contributed by atoms with van der Waals surface area (Å²) in [5.74, 6) is 0.701. The molecule has 1 heterocycles. The van der Waals surface area contributed by atoms with E-state index < -0.39 is 0 Å². The average Bonchev–Trinajstić information content (AvgIpc) is 3.43. The van der Waals surface area contributed by atoms with Gasteiger partial charge >= 0.3 is 0 Å². The van der Waals surface area contributed by atoms with Crippen LogP contribution in [0, 0.1) is 5.82 Å². The smallest absolute Gasteiger partial charge is 0.191 e. The van der Waals surface area contributed by atoms with Crippen molar-refractivity contribution in [3.8, 4) is 0 Å². The van der Waals surface area contributed by atoms with Gasteiger partial charge in [0, 0.05) is 57.8 Å². The largest absolute Gasteiger partial charge is 0.356 e. The topological polar surface area (TPSA) is 42.9 Å². The van der Waals surface area contributed by atoms with Gasteiger partial charge in [-0.1, -0.05) is 18.2 Å². The predicted octanol–water partition coefficient (Wildman–Crippen LogP) is 1.66. The van der Waals surface area contributed by atoms with Crippen LogP contribution >= 0.6 is 0 Å². The fraction of sp³-hybridized carbons (Fsp3) is 0.650. The second-order valence-electron chi connectivity index (χ2n) is 7.76. The molecule has 144 valence electrons. The van der Waals surface area contributed by atoms with Crippen molar-refractivity contribution in [2.45, 2.75) is 31.2 Å². The van der Waals surface area contributed by atoms with Crippen LogP contribution in [0.4, 0.5) is 4.39 Å². The zero-order chi connectivity index (χ0) is 18.6. The van der Waals surface area contributed by atoms with Crippen molar-refractivity contribution in [2.75, 3.05) is 53.4 Å². The minimum absolute atomic E-state index is 0.0773. The van der Waals surface area contributed by atoms with Crippen molar-refractivity contribution in [1.29, 1.82) is 0 Å². The maximum Gasteiger partial charge on any atom is 0.191 e. The fourth-order valence-electron chi connectivity index (χ4n) is 3.69. The van der Waals surface area contributed by atoms with Crippen LogP contribution in [0.3, 0.4) is 0 Å². The van der Waals surface area contributed by atoms with E-state index in [1.807, 2.05) is 12.1 Å². The van der Waals surface area contributed by atoms with E-state index in [1.54, 1.807) is 19.2 Å². The molecule has 1 aromatic carbocycles. The molecule has 1 aliphatic heterocycles. The molecule has 1 unspecified atom stereocenters. The highest BCUT2D eigenvalue weighted by Crippen LogP contribution is 2.48. The molecular weight excluding hydrogens is 329 g/mol. The van der Waals surface area contributed by atoms with E-state index in [-0.39, 0.29) is 11.2 Å². The Labute approximate surface area is 156 Å². The van der Waals surface area contributed by atoms with Gasteiger partial charge in [-0.25, -0.2) is 4.39 Å². The van der Waals surface area contributed by atoms with Gasteiger partial charge in [0.05, 0.1) is 0 Å². The maximum absolute atomic E-state index is 14.1. The second kappa shape index (κ2) is 8.35. The molecular formula is C20H32FN5. The monoisotopic (exact) mass is 361 g/mol. The summed E-state index contributed by atoms with van der Waals surface area (Å²) in [7, 11) is 3.97. The Kier molecular flexibility index (Phi) is 6.14. The third-order valence-electron chi connectivity index (χ3n) is 5.84. The summed E-state index contributed by atoms with van der Waals surface area (Å²) in [5.41, 5.74) is 0.750. The van der Waals surface area contributed by atoms with Gasteiger partial charge in [-0.05, 0) is 38.4 Å². The number of hydrogen-bond acceptors (Lipinski definition) is 3. The van der Waals surface area contributed by atoms with Gasteiger partial charge in [0.2, 0.25) is 0 Å². The van der Waals surface area contributed by atoms with Crippen molar-refractivity contribution in [3.05, 3.63) is 35.6 Å². The minimum Gasteiger partial charge on any atom is -0.356 e. The summed E-state index contributed by atoms with van der Waals surface area (Å²) < 4.78 is 14.1. The van der Waals surface area contributed by atoms with Crippen molar-refractivity contribution in [1.82, 2.24) is 20.4 Å². The van der Waals surface area contributed by atoms with E-state index >= 15 is 0 Å². The van der Waals surface area contributed by atoms with Gasteiger partial charge in [0.25, 0.3) is 0 Å². The van der Waals surface area contributed by atoms with E-state index in [0.717, 1.165) is 63.6 Å². The van der Waals surface area contributed by atoms with Gasteiger partial charge in [-0.3, -0.25) is 9.89 Å². The van der Waals surface area contributed by atoms with Gasteiger partial charge in [0.1, 0.15) is 5.82 Å². The van der Waals surface area contributed by atoms with E-state index in [4.69, 9.17) is 0 Å². The molecule has 1 aromatic rings. The number of benzene rings is 1. The first-order chi connectivity index (χ1) is 12.5. The van der Waals surface area contributed by atoms with Crippen molar-refractivity contribution in [3.63, 3.8) is 0 Å². The van der Waals surface area contributed by atoms with Crippen LogP contribution in [0.5, 0.6) is 0 Å². The van der Waals surface area contributed by atoms with Crippen LogP contribution in [0.1, 0.15) is 25.3 Å². The predicted molar refractivity (Wildman–Crippen MR) is 105 cm³/mol. The van der Waals surface area contributed by atoms with E-state index in [1.165, 1.54) is 0 Å². The van der Waals surface area contributed by atoms with Crippen LogP contribution in [0.25, 0.3) is 0 Å². The minimum atomic E-state index is -0.0987. The highest BCUT2D eigenvalue weighted by Gasteiger charge is 2.45. The van der Waals surface area contributed by atoms with Crippen LogP contribution in [0.2, 0.25) is 0 Å². The van der Waals surface area contributed by atoms with Gasteiger partial charge in [-0.15, -0.1) is 0 Å². The lowest BCUT2D eigenvalue weighted by Gasteiger charge is -2.36. The van der Waals surface area contributed by atoms with E-state index in [2.05, 4.69) is 39.4 Å². The third kappa shape index (κ3) is 4.54. The second-order valence-corrected chi connectivity index (χ2v) is 7.76. The molecule has 5 nitrogen and oxygen atoms in total. The summed E-state index contributed by atoms with van der Waals surface area (Å²) >= 11 is 0. The number of hydrogen-bond donors (Lipinski definition) is 2. The molecule has 0 amide bonds. The SMILES string of the molecule is CN=C(NCC(C)N1CCN(C)CC1)NCC1(c2ccccc2F)CC1. The molecule has 0 spiro atoms. The lowest BCUT2D eigenvalue weighted by atomic mass is 9.95. The Hall–Kier alpha value is -1.66. The molecule has 26 heavy (non-hydrogen) atoms. The normalized spacial score (nSPS) is 22.1. The molecule has 2 N–H and O–H groups in total. The summed E-state index contributed by atoms with van der Waals surface area (Å²) in [6.45, 7) is 8.31. The maximum atomic E-state index is 14.1. The van der Waals surface area contributed by atoms with Crippen LogP contribution in [0.15, 0.2) is 29.3 Å². The molecule has 6 heteroatoms. The fourth-order valence-corrected chi connectivity index (χ4v) is 3.69. The van der Waals surface area contributed by atoms with Crippen molar-refractivity contribution < 1.29 is 4.39 Å². The number of halogens is 1. The van der Waals surface area contributed by atoms with Crippen LogP contribution in [-0.2, 0) is 5.41 Å². The third-order valence-corrected chi connectivity index (χ3v) is 5.84. The number of nitrogens with one attached hydrogen (secondary N) is 2. The Bertz CT molecular complexity index is 620. The molecule has 0 radical (unpaired) electrons. The summed E-state index contributed by atoms with van der Waals surface area (Å²) in [6, 6.07) is 7.60. The van der Waals surface area contributed by atoms with Gasteiger partial charge in [-0.2, -0.15) is 0 Å². The van der Waals surface area contributed by atoms with Crippen molar-refractivity contribution >= 4 is 5.96 Å². The Morgan fingerprint density at radius 1 is 1.19 bits per heavy atom. The molecule has 0 bridgehead atoms. The number of nitrogens with zero attached hydrogens (tertiary/aromatic N) is 3. The Morgan fingerprint density at radius 3 is 2.50 bits per heavy atom. The van der Waals surface area contributed by atoms with Crippen molar-refractivity contribution in [2.24, 2.45) is 4.99 Å². The van der Waals surface area contributed by atoms with Gasteiger partial charge < -0.3 is 15.5 Å². The molecule has 1 saturated heterocycles. The lowest BCUT2D eigenvalue weighted by molar-refractivity contribution is 0.120. The van der Waals surface area contributed by atoms with Crippen LogP contribution < -0.4 is 10.6 Å². The zero-order valence-electron chi connectivity index (χ0n) is 16.3. The van der Waals surface area contributed by atoms with Gasteiger partial charge in [0.15, 0.2) is 5.96 Å².